The van der Waals surface area contributed by atoms with Crippen LogP contribution in [0.5, 0.6) is 0 Å². The summed E-state index contributed by atoms with van der Waals surface area (Å²) in [6.07, 6.45) is 1.42. The number of piperidine rings is 1. The van der Waals surface area contributed by atoms with Gasteiger partial charge in [0.15, 0.2) is 5.84 Å². The maximum absolute atomic E-state index is 13.3. The molecule has 5 nitrogen and oxygen atoms in total. The van der Waals surface area contributed by atoms with Crippen molar-refractivity contribution < 1.29 is 14.7 Å². The van der Waals surface area contributed by atoms with E-state index in [-0.39, 0.29) is 11.9 Å². The first-order valence-electron chi connectivity index (χ1n) is 6.73. The lowest BCUT2D eigenvalue weighted by Crippen LogP contribution is -2.38. The number of aliphatic hydroxyl groups is 1. The maximum atomic E-state index is 13.3. The van der Waals surface area contributed by atoms with Crippen LogP contribution in [0.25, 0.3) is 0 Å². The molecule has 1 aromatic carbocycles. The van der Waals surface area contributed by atoms with E-state index >= 15 is 0 Å². The molecule has 1 heterocycles. The minimum Gasteiger partial charge on any atom is -0.409 e. The molecule has 1 fully saturated rings. The van der Waals surface area contributed by atoms with Gasteiger partial charge in [-0.15, -0.1) is 0 Å². The molecule has 6 heteroatoms. The lowest BCUT2D eigenvalue weighted by Gasteiger charge is -2.35. The van der Waals surface area contributed by atoms with Crippen LogP contribution in [0.4, 0.5) is 10.1 Å². The van der Waals surface area contributed by atoms with E-state index < -0.39 is 5.82 Å². The molecule has 1 saturated heterocycles. The van der Waals surface area contributed by atoms with Crippen LogP contribution in [0.2, 0.25) is 0 Å². The van der Waals surface area contributed by atoms with E-state index in [1.807, 2.05) is 0 Å². The van der Waals surface area contributed by atoms with Gasteiger partial charge in [0.25, 0.3) is 0 Å². The molecule has 1 unspecified atom stereocenters. The van der Waals surface area contributed by atoms with Crippen molar-refractivity contribution in [1.82, 2.24) is 0 Å². The van der Waals surface area contributed by atoms with E-state index in [2.05, 4.69) is 10.1 Å². The van der Waals surface area contributed by atoms with Crippen LogP contribution in [-0.2, 0) is 0 Å². The number of hydrogen-bond donors (Lipinski definition) is 3. The summed E-state index contributed by atoms with van der Waals surface area (Å²) in [5.74, 6) is -0.231. The van der Waals surface area contributed by atoms with E-state index in [1.54, 1.807) is 13.0 Å². The number of benzene rings is 1. The molecule has 1 aliphatic rings. The molecule has 0 saturated carbocycles. The third kappa shape index (κ3) is 3.01. The second-order valence-electron chi connectivity index (χ2n) is 5.21. The number of halogens is 1. The molecule has 0 bridgehead atoms. The minimum atomic E-state index is -0.422. The number of anilines is 1. The zero-order chi connectivity index (χ0) is 14.7. The molecule has 0 aliphatic carbocycles. The van der Waals surface area contributed by atoms with Gasteiger partial charge in [-0.2, -0.15) is 0 Å². The van der Waals surface area contributed by atoms with Gasteiger partial charge >= 0.3 is 0 Å². The average molecular weight is 281 g/mol. The van der Waals surface area contributed by atoms with Crippen LogP contribution in [-0.4, -0.2) is 35.3 Å². The van der Waals surface area contributed by atoms with Gasteiger partial charge < -0.3 is 20.9 Å². The number of oxime groups is 1. The molecule has 2 rings (SSSR count). The van der Waals surface area contributed by atoms with Crippen LogP contribution in [0.1, 0.15) is 25.3 Å². The van der Waals surface area contributed by atoms with Crippen molar-refractivity contribution in [2.45, 2.75) is 25.9 Å². The fraction of sp³-hybridized carbons (Fsp3) is 0.500. The van der Waals surface area contributed by atoms with Crippen molar-refractivity contribution in [3.05, 3.63) is 29.6 Å². The van der Waals surface area contributed by atoms with E-state index in [0.717, 1.165) is 31.6 Å². The Bertz CT molecular complexity index is 497. The highest BCUT2D eigenvalue weighted by Crippen LogP contribution is 2.28. The van der Waals surface area contributed by atoms with E-state index in [4.69, 9.17) is 10.9 Å². The molecule has 0 amide bonds. The van der Waals surface area contributed by atoms with Crippen molar-refractivity contribution in [1.29, 1.82) is 0 Å². The van der Waals surface area contributed by atoms with E-state index in [9.17, 15) is 9.50 Å². The Balaban J connectivity index is 2.22. The molecule has 0 spiro atoms. The van der Waals surface area contributed by atoms with Crippen molar-refractivity contribution in [2.75, 3.05) is 18.0 Å². The normalized spacial score (nSPS) is 19.1. The molecule has 4 N–H and O–H groups in total. The summed E-state index contributed by atoms with van der Waals surface area (Å²) in [6, 6.07) is 4.28. The quantitative estimate of drug-likeness (QED) is 0.339. The Morgan fingerprint density at radius 3 is 2.65 bits per heavy atom. The summed E-state index contributed by atoms with van der Waals surface area (Å²) in [5, 5.41) is 21.4. The van der Waals surface area contributed by atoms with Crippen LogP contribution < -0.4 is 10.6 Å². The monoisotopic (exact) mass is 281 g/mol. The van der Waals surface area contributed by atoms with Gasteiger partial charge in [-0.25, -0.2) is 4.39 Å². The van der Waals surface area contributed by atoms with Crippen molar-refractivity contribution in [2.24, 2.45) is 16.8 Å². The molecular weight excluding hydrogens is 261 g/mol. The summed E-state index contributed by atoms with van der Waals surface area (Å²) < 4.78 is 13.3. The molecule has 1 aliphatic heterocycles. The SMILES string of the molecule is CC(O)C1CCN(c2ccc(F)cc2/C(N)=N/O)CC1. The minimum absolute atomic E-state index is 0.0999. The van der Waals surface area contributed by atoms with Gasteiger partial charge in [-0.05, 0) is 43.9 Å². The molecular formula is C14H20FN3O2. The van der Waals surface area contributed by atoms with Gasteiger partial charge in [0.1, 0.15) is 5.82 Å². The Hall–Kier alpha value is -1.82. The van der Waals surface area contributed by atoms with Crippen molar-refractivity contribution >= 4 is 11.5 Å². The fourth-order valence-electron chi connectivity index (χ4n) is 2.67. The van der Waals surface area contributed by atoms with Crippen molar-refractivity contribution in [3.8, 4) is 0 Å². The van der Waals surface area contributed by atoms with Crippen LogP contribution >= 0.6 is 0 Å². The average Bonchev–Trinajstić information content (AvgIpc) is 2.46. The van der Waals surface area contributed by atoms with Gasteiger partial charge in [0.05, 0.1) is 6.10 Å². The Kier molecular flexibility index (Phi) is 4.44. The van der Waals surface area contributed by atoms with Gasteiger partial charge in [-0.1, -0.05) is 5.16 Å². The Morgan fingerprint density at radius 2 is 2.10 bits per heavy atom. The summed E-state index contributed by atoms with van der Waals surface area (Å²) in [5.41, 5.74) is 6.76. The van der Waals surface area contributed by atoms with Crippen molar-refractivity contribution in [3.63, 3.8) is 0 Å². The fourth-order valence-corrected chi connectivity index (χ4v) is 2.67. The highest BCUT2D eigenvalue weighted by atomic mass is 19.1. The van der Waals surface area contributed by atoms with Crippen LogP contribution in [0.3, 0.4) is 0 Å². The number of rotatable bonds is 3. The predicted molar refractivity (Wildman–Crippen MR) is 75.5 cm³/mol. The zero-order valence-corrected chi connectivity index (χ0v) is 11.5. The maximum Gasteiger partial charge on any atom is 0.172 e. The third-order valence-electron chi connectivity index (χ3n) is 3.90. The largest absolute Gasteiger partial charge is 0.409 e. The first-order valence-corrected chi connectivity index (χ1v) is 6.73. The van der Waals surface area contributed by atoms with Gasteiger partial charge in [0.2, 0.25) is 0 Å². The topological polar surface area (TPSA) is 82.1 Å². The number of hydrogen-bond acceptors (Lipinski definition) is 4. The smallest absolute Gasteiger partial charge is 0.172 e. The first kappa shape index (κ1) is 14.6. The van der Waals surface area contributed by atoms with E-state index in [0.29, 0.717) is 11.5 Å². The standard InChI is InChI=1S/C14H20FN3O2/c1-9(19)10-4-6-18(7-5-10)13-3-2-11(15)8-12(13)14(16)17-20/h2-3,8-10,19-20H,4-7H2,1H3,(H2,16,17). The first-order chi connectivity index (χ1) is 9.52. The molecule has 20 heavy (non-hydrogen) atoms. The molecule has 1 atom stereocenters. The van der Waals surface area contributed by atoms with E-state index in [1.165, 1.54) is 12.1 Å². The molecule has 0 radical (unpaired) electrons. The highest BCUT2D eigenvalue weighted by Gasteiger charge is 2.24. The van der Waals surface area contributed by atoms with Crippen LogP contribution in [0, 0.1) is 11.7 Å². The summed E-state index contributed by atoms with van der Waals surface area (Å²) in [6.45, 7) is 3.32. The summed E-state index contributed by atoms with van der Waals surface area (Å²) >= 11 is 0. The predicted octanol–water partition coefficient (Wildman–Crippen LogP) is 1.52. The lowest BCUT2D eigenvalue weighted by molar-refractivity contribution is 0.110. The third-order valence-corrected chi connectivity index (χ3v) is 3.90. The Labute approximate surface area is 117 Å². The lowest BCUT2D eigenvalue weighted by atomic mass is 9.91. The highest BCUT2D eigenvalue weighted by molar-refractivity contribution is 6.02. The van der Waals surface area contributed by atoms with Gasteiger partial charge in [-0.3, -0.25) is 0 Å². The summed E-state index contributed by atoms with van der Waals surface area (Å²) in [4.78, 5) is 2.08. The van der Waals surface area contributed by atoms with Gasteiger partial charge in [0, 0.05) is 24.3 Å². The second-order valence-corrected chi connectivity index (χ2v) is 5.21. The second kappa shape index (κ2) is 6.09. The number of aliphatic hydroxyl groups excluding tert-OH is 1. The number of nitrogens with two attached hydrogens (primary N) is 1. The molecule has 1 aromatic rings. The molecule has 110 valence electrons. The number of nitrogens with zero attached hydrogens (tertiary/aromatic N) is 2. The number of amidine groups is 1. The Morgan fingerprint density at radius 1 is 1.45 bits per heavy atom. The molecule has 0 aromatic heterocycles. The summed E-state index contributed by atoms with van der Waals surface area (Å²) in [7, 11) is 0. The zero-order valence-electron chi connectivity index (χ0n) is 11.5. The van der Waals surface area contributed by atoms with Crippen LogP contribution in [0.15, 0.2) is 23.4 Å².